The zero-order valence-corrected chi connectivity index (χ0v) is 28.0. The Kier molecular flexibility index (Phi) is 23.4. The summed E-state index contributed by atoms with van der Waals surface area (Å²) in [4.78, 5) is 55.6. The van der Waals surface area contributed by atoms with E-state index in [9.17, 15) is 34.5 Å². The molecule has 0 aromatic heterocycles. The van der Waals surface area contributed by atoms with Crippen LogP contribution in [0.15, 0.2) is 0 Å². The molecule has 1 aliphatic heterocycles. The van der Waals surface area contributed by atoms with E-state index >= 15 is 0 Å². The largest absolute Gasteiger partial charge is 0.549 e. The SMILES string of the molecule is CCCCCCCCCCCCCCN(C)CNC(=O)CN1CCN(CC(=O)[O-])CCN(CC(=O)[O-])CCN(CC(=O)[O-])CC1. The summed E-state index contributed by atoms with van der Waals surface area (Å²) in [7, 11) is 1.98. The molecule has 13 heteroatoms. The summed E-state index contributed by atoms with van der Waals surface area (Å²) in [6.45, 7) is 5.09. The number of carbonyl (C=O) groups is 4. The van der Waals surface area contributed by atoms with E-state index < -0.39 is 17.9 Å². The van der Waals surface area contributed by atoms with E-state index in [-0.39, 0.29) is 58.3 Å². The van der Waals surface area contributed by atoms with Gasteiger partial charge in [-0.05, 0) is 20.0 Å². The number of unbranched alkanes of at least 4 members (excludes halogenated alkanes) is 11. The van der Waals surface area contributed by atoms with Crippen molar-refractivity contribution in [3.05, 3.63) is 0 Å². The van der Waals surface area contributed by atoms with Crippen LogP contribution in [0.2, 0.25) is 0 Å². The molecule has 1 rings (SSSR count). The summed E-state index contributed by atoms with van der Waals surface area (Å²) in [6.07, 6.45) is 15.5. The molecule has 0 aliphatic carbocycles. The zero-order valence-electron chi connectivity index (χ0n) is 28.0. The third-order valence-corrected chi connectivity index (χ3v) is 8.29. The lowest BCUT2D eigenvalue weighted by atomic mass is 10.1. The number of hydrogen-bond donors (Lipinski definition) is 1. The molecule has 0 spiro atoms. The summed E-state index contributed by atoms with van der Waals surface area (Å²) < 4.78 is 0. The Morgan fingerprint density at radius 3 is 1.18 bits per heavy atom. The van der Waals surface area contributed by atoms with Gasteiger partial charge in [0.15, 0.2) is 0 Å². The van der Waals surface area contributed by atoms with Gasteiger partial charge in [-0.1, -0.05) is 77.6 Å². The molecule has 0 aromatic rings. The summed E-state index contributed by atoms with van der Waals surface area (Å²) in [5, 5.41) is 36.8. The monoisotopic (exact) mass is 639 g/mol. The van der Waals surface area contributed by atoms with Gasteiger partial charge in [-0.15, -0.1) is 0 Å². The predicted octanol–water partition coefficient (Wildman–Crippen LogP) is -1.84. The van der Waals surface area contributed by atoms with Crippen molar-refractivity contribution in [1.29, 1.82) is 0 Å². The van der Waals surface area contributed by atoms with Gasteiger partial charge >= 0.3 is 0 Å². The van der Waals surface area contributed by atoms with Gasteiger partial charge in [-0.2, -0.15) is 0 Å². The summed E-state index contributed by atoms with van der Waals surface area (Å²) in [5.74, 6) is -3.91. The minimum atomic E-state index is -1.27. The molecule has 1 saturated heterocycles. The number of hydrogen-bond acceptors (Lipinski definition) is 12. The molecule has 0 bridgehead atoms. The number of aliphatic carboxylic acids is 3. The number of rotatable bonds is 23. The Morgan fingerprint density at radius 1 is 0.533 bits per heavy atom. The molecule has 13 nitrogen and oxygen atoms in total. The lowest BCUT2D eigenvalue weighted by Crippen LogP contribution is -2.52. The van der Waals surface area contributed by atoms with Gasteiger partial charge in [-0.3, -0.25) is 29.3 Å². The molecule has 0 radical (unpaired) electrons. The minimum Gasteiger partial charge on any atom is -0.549 e. The Morgan fingerprint density at radius 2 is 0.844 bits per heavy atom. The zero-order chi connectivity index (χ0) is 33.3. The van der Waals surface area contributed by atoms with Crippen molar-refractivity contribution >= 4 is 23.8 Å². The lowest BCUT2D eigenvalue weighted by Gasteiger charge is -2.34. The molecule has 0 aromatic carbocycles. The molecule has 0 atom stereocenters. The van der Waals surface area contributed by atoms with Crippen LogP contribution in [0.5, 0.6) is 0 Å². The van der Waals surface area contributed by atoms with E-state index in [1.165, 1.54) is 70.6 Å². The maximum Gasteiger partial charge on any atom is 0.235 e. The first-order valence-electron chi connectivity index (χ1n) is 17.0. The molecule has 1 aliphatic rings. The third kappa shape index (κ3) is 23.6. The average Bonchev–Trinajstić information content (AvgIpc) is 2.97. The van der Waals surface area contributed by atoms with Crippen LogP contribution in [0.1, 0.15) is 84.0 Å². The second-order valence-electron chi connectivity index (χ2n) is 12.4. The highest BCUT2D eigenvalue weighted by Gasteiger charge is 2.19. The topological polar surface area (TPSA) is 166 Å². The van der Waals surface area contributed by atoms with Crippen LogP contribution in [0.4, 0.5) is 0 Å². The molecule has 0 unspecified atom stereocenters. The van der Waals surface area contributed by atoms with Crippen molar-refractivity contribution in [3.8, 4) is 0 Å². The quantitative estimate of drug-likeness (QED) is 0.0983. The van der Waals surface area contributed by atoms with Crippen LogP contribution in [0.25, 0.3) is 0 Å². The van der Waals surface area contributed by atoms with Crippen LogP contribution in [-0.4, -0.2) is 147 Å². The van der Waals surface area contributed by atoms with E-state index in [1.807, 2.05) is 11.9 Å². The summed E-state index contributed by atoms with van der Waals surface area (Å²) in [5.41, 5.74) is 0. The number of carboxylic acid groups (broad SMARTS) is 3. The van der Waals surface area contributed by atoms with Gasteiger partial charge in [0.2, 0.25) is 5.91 Å². The minimum absolute atomic E-state index is 0.0849. The number of nitrogens with zero attached hydrogens (tertiary/aromatic N) is 5. The van der Waals surface area contributed by atoms with Crippen molar-refractivity contribution in [2.24, 2.45) is 0 Å². The number of carboxylic acids is 3. The van der Waals surface area contributed by atoms with Gasteiger partial charge in [0.25, 0.3) is 0 Å². The molecule has 45 heavy (non-hydrogen) atoms. The van der Waals surface area contributed by atoms with Crippen LogP contribution >= 0.6 is 0 Å². The number of carbonyl (C=O) groups excluding carboxylic acids is 4. The first kappa shape index (κ1) is 40.7. The number of nitrogens with one attached hydrogen (secondary N) is 1. The van der Waals surface area contributed by atoms with Crippen molar-refractivity contribution in [2.75, 3.05) is 98.8 Å². The van der Waals surface area contributed by atoms with Crippen molar-refractivity contribution in [3.63, 3.8) is 0 Å². The maximum atomic E-state index is 12.8. The van der Waals surface area contributed by atoms with E-state index in [4.69, 9.17) is 0 Å². The Balaban J connectivity index is 2.48. The normalized spacial score (nSPS) is 16.7. The van der Waals surface area contributed by atoms with Gasteiger partial charge in [-0.25, -0.2) is 0 Å². The fourth-order valence-corrected chi connectivity index (χ4v) is 5.54. The van der Waals surface area contributed by atoms with Crippen LogP contribution in [0, 0.1) is 0 Å². The van der Waals surface area contributed by atoms with Crippen LogP contribution < -0.4 is 20.6 Å². The van der Waals surface area contributed by atoms with Gasteiger partial charge in [0, 0.05) is 72.0 Å². The smallest absolute Gasteiger partial charge is 0.235 e. The van der Waals surface area contributed by atoms with E-state index in [0.29, 0.717) is 32.8 Å². The van der Waals surface area contributed by atoms with Crippen LogP contribution in [-0.2, 0) is 19.2 Å². The molecular formula is C32H59N6O7-3. The average molecular weight is 640 g/mol. The Bertz CT molecular complexity index is 802. The fourth-order valence-electron chi connectivity index (χ4n) is 5.54. The van der Waals surface area contributed by atoms with E-state index in [1.54, 1.807) is 14.7 Å². The Labute approximate surface area is 270 Å². The lowest BCUT2D eigenvalue weighted by molar-refractivity contribution is -0.308. The second-order valence-corrected chi connectivity index (χ2v) is 12.4. The predicted molar refractivity (Wildman–Crippen MR) is 167 cm³/mol. The van der Waals surface area contributed by atoms with E-state index in [0.717, 1.165) is 13.0 Å². The van der Waals surface area contributed by atoms with Crippen molar-refractivity contribution in [1.82, 2.24) is 29.8 Å². The standard InChI is InChI=1S/C32H62N6O7/c1-3-4-5-6-7-8-9-10-11-12-13-14-15-34(2)28-33-29(39)24-35-16-18-36(25-30(40)41)20-22-38(27-32(44)45)23-21-37(19-17-35)26-31(42)43/h3-28H2,1-2H3,(H,33,39)(H,40,41)(H,42,43)(H,44,45)/p-3. The molecule has 0 saturated carbocycles. The summed E-state index contributed by atoms with van der Waals surface area (Å²) in [6, 6.07) is 0. The maximum absolute atomic E-state index is 12.8. The van der Waals surface area contributed by atoms with Crippen molar-refractivity contribution < 1.29 is 34.5 Å². The molecule has 262 valence electrons. The third-order valence-electron chi connectivity index (χ3n) is 8.29. The molecule has 1 heterocycles. The second kappa shape index (κ2) is 25.8. The molecule has 1 fully saturated rings. The van der Waals surface area contributed by atoms with Crippen molar-refractivity contribution in [2.45, 2.75) is 84.0 Å². The molecule has 1 amide bonds. The molecular weight excluding hydrogens is 580 g/mol. The van der Waals surface area contributed by atoms with Gasteiger partial charge in [0.05, 0.1) is 31.1 Å². The summed E-state index contributed by atoms with van der Waals surface area (Å²) >= 11 is 0. The number of amides is 1. The van der Waals surface area contributed by atoms with Crippen LogP contribution in [0.3, 0.4) is 0 Å². The van der Waals surface area contributed by atoms with Gasteiger partial charge in [0.1, 0.15) is 0 Å². The first-order chi connectivity index (χ1) is 21.6. The van der Waals surface area contributed by atoms with E-state index in [2.05, 4.69) is 17.1 Å². The fraction of sp³-hybridized carbons (Fsp3) is 0.875. The highest BCUT2D eigenvalue weighted by molar-refractivity contribution is 5.77. The Hall–Kier alpha value is -2.32. The molecule has 1 N–H and O–H groups in total. The first-order valence-corrected chi connectivity index (χ1v) is 17.0. The van der Waals surface area contributed by atoms with Gasteiger partial charge < -0.3 is 35.0 Å². The highest BCUT2D eigenvalue weighted by Crippen LogP contribution is 2.12. The highest BCUT2D eigenvalue weighted by atomic mass is 16.4.